The Morgan fingerprint density at radius 3 is 2.65 bits per heavy atom. The molecule has 1 aromatic carbocycles. The van der Waals surface area contributed by atoms with E-state index < -0.39 is 12.1 Å². The fourth-order valence-electron chi connectivity index (χ4n) is 2.09. The fourth-order valence-corrected chi connectivity index (χ4v) is 2.09. The molecule has 1 N–H and O–H groups in total. The average molecular weight is 234 g/mol. The Morgan fingerprint density at radius 1 is 1.35 bits per heavy atom. The normalized spacial score (nSPS) is 20.5. The van der Waals surface area contributed by atoms with Crippen LogP contribution in [-0.2, 0) is 16.1 Å². The molecular weight excluding hydrogens is 220 g/mol. The molecule has 0 spiro atoms. The standard InChI is InChI=1S/C12H14N2O3/c15-9-14-7-6-13(11(14)12(16)17)8-10-4-2-1-3-5-10/h1-5,9,11H,6-8H2,(H,16,17). The van der Waals surface area contributed by atoms with Gasteiger partial charge in [0.15, 0.2) is 6.17 Å². The number of amides is 1. The maximum absolute atomic E-state index is 11.1. The molecule has 1 atom stereocenters. The Morgan fingerprint density at radius 2 is 2.06 bits per heavy atom. The third-order valence-electron chi connectivity index (χ3n) is 2.89. The zero-order valence-corrected chi connectivity index (χ0v) is 9.32. The molecule has 0 aromatic heterocycles. The largest absolute Gasteiger partial charge is 0.479 e. The van der Waals surface area contributed by atoms with Crippen LogP contribution < -0.4 is 0 Å². The highest BCUT2D eigenvalue weighted by Crippen LogP contribution is 2.16. The number of nitrogens with zero attached hydrogens (tertiary/aromatic N) is 2. The highest BCUT2D eigenvalue weighted by atomic mass is 16.4. The van der Waals surface area contributed by atoms with E-state index in [0.717, 1.165) is 5.56 Å². The maximum Gasteiger partial charge on any atom is 0.341 e. The smallest absolute Gasteiger partial charge is 0.341 e. The predicted octanol–water partition coefficient (Wildman–Crippen LogP) is 0.371. The maximum atomic E-state index is 11.1. The van der Waals surface area contributed by atoms with E-state index in [0.29, 0.717) is 26.0 Å². The summed E-state index contributed by atoms with van der Waals surface area (Å²) in [4.78, 5) is 25.0. The lowest BCUT2D eigenvalue weighted by atomic mass is 10.2. The monoisotopic (exact) mass is 234 g/mol. The molecule has 1 saturated heterocycles. The predicted molar refractivity (Wildman–Crippen MR) is 61.0 cm³/mol. The molecule has 0 radical (unpaired) electrons. The van der Waals surface area contributed by atoms with Gasteiger partial charge in [0.1, 0.15) is 0 Å². The van der Waals surface area contributed by atoms with Gasteiger partial charge in [-0.2, -0.15) is 0 Å². The van der Waals surface area contributed by atoms with Crippen molar-refractivity contribution >= 4 is 12.4 Å². The van der Waals surface area contributed by atoms with Crippen molar-refractivity contribution in [3.63, 3.8) is 0 Å². The van der Waals surface area contributed by atoms with E-state index >= 15 is 0 Å². The van der Waals surface area contributed by atoms with Crippen LogP contribution in [0.25, 0.3) is 0 Å². The molecule has 2 rings (SSSR count). The lowest BCUT2D eigenvalue weighted by Crippen LogP contribution is -2.44. The van der Waals surface area contributed by atoms with E-state index in [-0.39, 0.29) is 0 Å². The Kier molecular flexibility index (Phi) is 3.39. The summed E-state index contributed by atoms with van der Waals surface area (Å²) in [7, 11) is 0. The van der Waals surface area contributed by atoms with Gasteiger partial charge in [-0.3, -0.25) is 9.69 Å². The summed E-state index contributed by atoms with van der Waals surface area (Å²) in [5, 5.41) is 9.12. The van der Waals surface area contributed by atoms with Crippen molar-refractivity contribution in [2.75, 3.05) is 13.1 Å². The molecular formula is C12H14N2O3. The molecule has 1 heterocycles. The van der Waals surface area contributed by atoms with Gasteiger partial charge in [0, 0.05) is 19.6 Å². The van der Waals surface area contributed by atoms with E-state index in [9.17, 15) is 9.59 Å². The molecule has 1 aliphatic heterocycles. The van der Waals surface area contributed by atoms with Gasteiger partial charge in [0.2, 0.25) is 6.41 Å². The minimum atomic E-state index is -0.981. The summed E-state index contributed by atoms with van der Waals surface area (Å²) < 4.78 is 0. The number of hydrogen-bond donors (Lipinski definition) is 1. The van der Waals surface area contributed by atoms with Crippen molar-refractivity contribution in [3.8, 4) is 0 Å². The van der Waals surface area contributed by atoms with Gasteiger partial charge in [-0.05, 0) is 5.56 Å². The molecule has 5 nitrogen and oxygen atoms in total. The minimum absolute atomic E-state index is 0.466. The number of rotatable bonds is 4. The van der Waals surface area contributed by atoms with Gasteiger partial charge in [0.25, 0.3) is 0 Å². The van der Waals surface area contributed by atoms with E-state index in [1.165, 1.54) is 4.90 Å². The van der Waals surface area contributed by atoms with Crippen LogP contribution in [0.2, 0.25) is 0 Å². The summed E-state index contributed by atoms with van der Waals surface area (Å²) in [5.41, 5.74) is 1.05. The topological polar surface area (TPSA) is 60.9 Å². The molecule has 0 aliphatic carbocycles. The summed E-state index contributed by atoms with van der Waals surface area (Å²) in [6.07, 6.45) is -0.239. The number of carboxylic acid groups (broad SMARTS) is 1. The summed E-state index contributed by atoms with van der Waals surface area (Å²) in [5.74, 6) is -0.981. The lowest BCUT2D eigenvalue weighted by Gasteiger charge is -2.23. The third-order valence-corrected chi connectivity index (χ3v) is 2.89. The molecule has 1 aliphatic rings. The highest BCUT2D eigenvalue weighted by Gasteiger charge is 2.36. The van der Waals surface area contributed by atoms with Crippen LogP contribution in [0.4, 0.5) is 0 Å². The number of benzene rings is 1. The fraction of sp³-hybridized carbons (Fsp3) is 0.333. The molecule has 17 heavy (non-hydrogen) atoms. The lowest BCUT2D eigenvalue weighted by molar-refractivity contribution is -0.150. The van der Waals surface area contributed by atoms with Crippen LogP contribution >= 0.6 is 0 Å². The van der Waals surface area contributed by atoms with Gasteiger partial charge < -0.3 is 10.0 Å². The second kappa shape index (κ2) is 4.97. The molecule has 1 aromatic rings. The number of carbonyl (C=O) groups is 2. The van der Waals surface area contributed by atoms with E-state index in [4.69, 9.17) is 5.11 Å². The molecule has 1 amide bonds. The van der Waals surface area contributed by atoms with Crippen molar-refractivity contribution in [1.82, 2.24) is 9.80 Å². The van der Waals surface area contributed by atoms with Gasteiger partial charge >= 0.3 is 5.97 Å². The second-order valence-corrected chi connectivity index (χ2v) is 4.01. The van der Waals surface area contributed by atoms with Crippen molar-refractivity contribution in [3.05, 3.63) is 35.9 Å². The van der Waals surface area contributed by atoms with Crippen molar-refractivity contribution < 1.29 is 14.7 Å². The molecule has 90 valence electrons. The molecule has 5 heteroatoms. The SMILES string of the molecule is O=CN1CCN(Cc2ccccc2)C1C(=O)O. The van der Waals surface area contributed by atoms with Crippen LogP contribution in [0.1, 0.15) is 5.56 Å². The zero-order chi connectivity index (χ0) is 12.3. The van der Waals surface area contributed by atoms with Crippen LogP contribution in [0.15, 0.2) is 30.3 Å². The van der Waals surface area contributed by atoms with E-state index in [1.807, 2.05) is 30.3 Å². The number of carboxylic acids is 1. The van der Waals surface area contributed by atoms with Crippen LogP contribution in [-0.4, -0.2) is 46.5 Å². The minimum Gasteiger partial charge on any atom is -0.479 e. The van der Waals surface area contributed by atoms with E-state index in [1.54, 1.807) is 4.90 Å². The average Bonchev–Trinajstić information content (AvgIpc) is 2.73. The Balaban J connectivity index is 2.11. The number of aliphatic carboxylic acids is 1. The summed E-state index contributed by atoms with van der Waals surface area (Å²) >= 11 is 0. The van der Waals surface area contributed by atoms with Crippen molar-refractivity contribution in [1.29, 1.82) is 0 Å². The van der Waals surface area contributed by atoms with Crippen molar-refractivity contribution in [2.24, 2.45) is 0 Å². The molecule has 1 fully saturated rings. The second-order valence-electron chi connectivity index (χ2n) is 4.01. The quantitative estimate of drug-likeness (QED) is 0.765. The van der Waals surface area contributed by atoms with Gasteiger partial charge in [-0.25, -0.2) is 4.79 Å². The zero-order valence-electron chi connectivity index (χ0n) is 9.32. The van der Waals surface area contributed by atoms with Gasteiger partial charge in [0.05, 0.1) is 0 Å². The van der Waals surface area contributed by atoms with Crippen LogP contribution in [0.5, 0.6) is 0 Å². The third kappa shape index (κ3) is 2.45. The first kappa shape index (κ1) is 11.6. The first-order valence-corrected chi connectivity index (χ1v) is 5.44. The summed E-state index contributed by atoms with van der Waals surface area (Å²) in [6.45, 7) is 1.60. The van der Waals surface area contributed by atoms with Crippen molar-refractivity contribution in [2.45, 2.75) is 12.7 Å². The Hall–Kier alpha value is -1.88. The summed E-state index contributed by atoms with van der Waals surface area (Å²) in [6, 6.07) is 9.64. The van der Waals surface area contributed by atoms with Gasteiger partial charge in [-0.1, -0.05) is 30.3 Å². The molecule has 0 bridgehead atoms. The number of hydrogen-bond acceptors (Lipinski definition) is 3. The van der Waals surface area contributed by atoms with Gasteiger partial charge in [-0.15, -0.1) is 0 Å². The molecule has 0 saturated carbocycles. The Labute approximate surface area is 99.3 Å². The first-order valence-electron chi connectivity index (χ1n) is 5.44. The number of carbonyl (C=O) groups excluding carboxylic acids is 1. The van der Waals surface area contributed by atoms with E-state index in [2.05, 4.69) is 0 Å². The molecule has 1 unspecified atom stereocenters. The van der Waals surface area contributed by atoms with Crippen LogP contribution in [0.3, 0.4) is 0 Å². The first-order chi connectivity index (χ1) is 8.22. The van der Waals surface area contributed by atoms with Crippen LogP contribution in [0, 0.1) is 0 Å². The Bertz CT molecular complexity index is 407. The highest BCUT2D eigenvalue weighted by molar-refractivity contribution is 5.76.